The average Bonchev–Trinajstić information content (AvgIpc) is 2.61. The summed E-state index contributed by atoms with van der Waals surface area (Å²) in [5.74, 6) is 0.630. The Balaban J connectivity index is 1.85. The summed E-state index contributed by atoms with van der Waals surface area (Å²) in [6, 6.07) is 7.29. The number of hydrogen-bond acceptors (Lipinski definition) is 4. The minimum Gasteiger partial charge on any atom is -0.494 e. The summed E-state index contributed by atoms with van der Waals surface area (Å²) < 4.78 is 32.6. The Morgan fingerprint density at radius 2 is 1.92 bits per heavy atom. The molecule has 0 aromatic heterocycles. The molecule has 1 fully saturated rings. The van der Waals surface area contributed by atoms with E-state index in [4.69, 9.17) is 4.74 Å². The summed E-state index contributed by atoms with van der Waals surface area (Å²) in [6.45, 7) is 6.08. The molecule has 146 valence electrons. The van der Waals surface area contributed by atoms with E-state index < -0.39 is 10.0 Å². The number of nitrogens with one attached hydrogen (secondary N) is 2. The van der Waals surface area contributed by atoms with Crippen molar-refractivity contribution in [1.29, 1.82) is 0 Å². The number of hydrogen-bond donors (Lipinski definition) is 2. The van der Waals surface area contributed by atoms with Crippen molar-refractivity contribution >= 4 is 21.6 Å². The van der Waals surface area contributed by atoms with Crippen LogP contribution in [0, 0.1) is 5.92 Å². The smallest absolute Gasteiger partial charge is 0.227 e. The molecule has 1 aliphatic rings. The van der Waals surface area contributed by atoms with Crippen LogP contribution < -0.4 is 14.8 Å². The highest BCUT2D eigenvalue weighted by Crippen LogP contribution is 2.27. The number of ether oxygens (including phenoxy) is 1. The van der Waals surface area contributed by atoms with E-state index >= 15 is 0 Å². The van der Waals surface area contributed by atoms with Gasteiger partial charge in [0.25, 0.3) is 0 Å². The van der Waals surface area contributed by atoms with Gasteiger partial charge in [0.2, 0.25) is 15.9 Å². The molecule has 0 spiro atoms. The lowest BCUT2D eigenvalue weighted by molar-refractivity contribution is -0.120. The van der Waals surface area contributed by atoms with Gasteiger partial charge in [-0.15, -0.1) is 0 Å². The normalized spacial score (nSPS) is 21.8. The number of anilines is 1. The molecule has 6 nitrogen and oxygen atoms in total. The van der Waals surface area contributed by atoms with Gasteiger partial charge in [0.1, 0.15) is 5.75 Å². The quantitative estimate of drug-likeness (QED) is 0.722. The summed E-state index contributed by atoms with van der Waals surface area (Å²) in [5, 5.41) is 2.56. The van der Waals surface area contributed by atoms with Crippen LogP contribution >= 0.6 is 0 Å². The Morgan fingerprint density at radius 3 is 2.54 bits per heavy atom. The van der Waals surface area contributed by atoms with Crippen molar-refractivity contribution in [3.63, 3.8) is 0 Å². The van der Waals surface area contributed by atoms with Gasteiger partial charge in [-0.25, -0.2) is 13.1 Å². The molecule has 1 amide bonds. The van der Waals surface area contributed by atoms with Gasteiger partial charge in [-0.3, -0.25) is 4.79 Å². The lowest BCUT2D eigenvalue weighted by Crippen LogP contribution is -2.42. The molecule has 7 heteroatoms. The number of carbonyl (C=O) groups excluding carboxylic acids is 1. The van der Waals surface area contributed by atoms with Crippen LogP contribution in [0.3, 0.4) is 0 Å². The van der Waals surface area contributed by atoms with E-state index in [-0.39, 0.29) is 23.1 Å². The molecule has 1 aliphatic carbocycles. The summed E-state index contributed by atoms with van der Waals surface area (Å²) >= 11 is 0. The zero-order chi connectivity index (χ0) is 19.2. The molecule has 1 aromatic rings. The van der Waals surface area contributed by atoms with Crippen LogP contribution in [0.5, 0.6) is 5.75 Å². The van der Waals surface area contributed by atoms with Gasteiger partial charge in [-0.1, -0.05) is 13.0 Å². The van der Waals surface area contributed by atoms with E-state index in [1.54, 1.807) is 6.92 Å². The Hall–Kier alpha value is -1.60. The molecule has 0 aliphatic heterocycles. The molecule has 1 unspecified atom stereocenters. The Morgan fingerprint density at radius 1 is 1.23 bits per heavy atom. The standard InChI is InChI=1S/C19H30N2O4S/c1-4-14(3)26(23,24)21-16-11-9-15(10-12-16)19(22)20-17-7-6-8-18(13-17)25-5-2/h6-8,13-16,21H,4-5,9-12H2,1-3H3,(H,20,22). The van der Waals surface area contributed by atoms with Crippen LogP contribution in [-0.2, 0) is 14.8 Å². The summed E-state index contributed by atoms with van der Waals surface area (Å²) in [4.78, 5) is 12.5. The highest BCUT2D eigenvalue weighted by Gasteiger charge is 2.30. The Kier molecular flexibility index (Phi) is 7.46. The zero-order valence-corrected chi connectivity index (χ0v) is 16.6. The highest BCUT2D eigenvalue weighted by molar-refractivity contribution is 7.90. The second-order valence-corrected chi connectivity index (χ2v) is 9.01. The van der Waals surface area contributed by atoms with Gasteiger partial charge in [0, 0.05) is 23.7 Å². The highest BCUT2D eigenvalue weighted by atomic mass is 32.2. The predicted molar refractivity (Wildman–Crippen MR) is 104 cm³/mol. The molecule has 1 saturated carbocycles. The van der Waals surface area contributed by atoms with Crippen molar-refractivity contribution in [2.75, 3.05) is 11.9 Å². The Bertz CT molecular complexity index is 697. The largest absolute Gasteiger partial charge is 0.494 e. The first-order chi connectivity index (χ1) is 12.4. The van der Waals surface area contributed by atoms with E-state index in [0.29, 0.717) is 38.7 Å². The predicted octanol–water partition coefficient (Wildman–Crippen LogP) is 3.30. The van der Waals surface area contributed by atoms with Crippen molar-refractivity contribution in [3.8, 4) is 5.75 Å². The van der Waals surface area contributed by atoms with Gasteiger partial charge in [-0.05, 0) is 58.1 Å². The zero-order valence-electron chi connectivity index (χ0n) is 15.8. The summed E-state index contributed by atoms with van der Waals surface area (Å²) in [7, 11) is -3.27. The molecule has 26 heavy (non-hydrogen) atoms. The van der Waals surface area contributed by atoms with Crippen molar-refractivity contribution in [3.05, 3.63) is 24.3 Å². The molecule has 1 aromatic carbocycles. The molecule has 0 radical (unpaired) electrons. The van der Waals surface area contributed by atoms with Gasteiger partial charge >= 0.3 is 0 Å². The topological polar surface area (TPSA) is 84.5 Å². The number of amides is 1. The molecular weight excluding hydrogens is 352 g/mol. The third kappa shape index (κ3) is 5.71. The minimum absolute atomic E-state index is 0.0121. The second kappa shape index (κ2) is 9.37. The number of benzene rings is 1. The third-order valence-corrected chi connectivity index (χ3v) is 7.00. The van der Waals surface area contributed by atoms with E-state index in [1.807, 2.05) is 38.1 Å². The lowest BCUT2D eigenvalue weighted by Gasteiger charge is -2.29. The molecule has 2 rings (SSSR count). The Labute approximate surface area is 156 Å². The maximum absolute atomic E-state index is 12.5. The summed E-state index contributed by atoms with van der Waals surface area (Å²) in [6.07, 6.45) is 3.34. The summed E-state index contributed by atoms with van der Waals surface area (Å²) in [5.41, 5.74) is 0.723. The number of rotatable bonds is 8. The van der Waals surface area contributed by atoms with Crippen molar-refractivity contribution in [2.24, 2.45) is 5.92 Å². The van der Waals surface area contributed by atoms with E-state index in [0.717, 1.165) is 11.4 Å². The fourth-order valence-corrected chi connectivity index (χ4v) is 4.49. The SMILES string of the molecule is CCOc1cccc(NC(=O)C2CCC(NS(=O)(=O)C(C)CC)CC2)c1. The van der Waals surface area contributed by atoms with Crippen LogP contribution in [0.15, 0.2) is 24.3 Å². The van der Waals surface area contributed by atoms with Gasteiger partial charge in [-0.2, -0.15) is 0 Å². The van der Waals surface area contributed by atoms with E-state index in [1.165, 1.54) is 0 Å². The monoisotopic (exact) mass is 382 g/mol. The maximum Gasteiger partial charge on any atom is 0.227 e. The van der Waals surface area contributed by atoms with Crippen LogP contribution in [0.1, 0.15) is 52.9 Å². The van der Waals surface area contributed by atoms with Crippen LogP contribution in [0.2, 0.25) is 0 Å². The first kappa shape index (κ1) is 20.7. The van der Waals surface area contributed by atoms with E-state index in [2.05, 4.69) is 10.0 Å². The molecule has 1 atom stereocenters. The van der Waals surface area contributed by atoms with Crippen LogP contribution in [0.25, 0.3) is 0 Å². The number of sulfonamides is 1. The second-order valence-electron chi connectivity index (χ2n) is 6.88. The fourth-order valence-electron chi connectivity index (χ4n) is 3.12. The minimum atomic E-state index is -3.27. The van der Waals surface area contributed by atoms with Crippen molar-refractivity contribution in [2.45, 2.75) is 64.2 Å². The van der Waals surface area contributed by atoms with E-state index in [9.17, 15) is 13.2 Å². The van der Waals surface area contributed by atoms with Gasteiger partial charge in [0.05, 0.1) is 11.9 Å². The van der Waals surface area contributed by atoms with Gasteiger partial charge in [0.15, 0.2) is 0 Å². The average molecular weight is 383 g/mol. The molecule has 0 heterocycles. The van der Waals surface area contributed by atoms with Crippen molar-refractivity contribution < 1.29 is 17.9 Å². The molecular formula is C19H30N2O4S. The maximum atomic E-state index is 12.5. The molecule has 0 bridgehead atoms. The van der Waals surface area contributed by atoms with Gasteiger partial charge < -0.3 is 10.1 Å². The fraction of sp³-hybridized carbons (Fsp3) is 0.632. The lowest BCUT2D eigenvalue weighted by atomic mass is 9.86. The molecule has 2 N–H and O–H groups in total. The third-order valence-electron chi connectivity index (χ3n) is 4.95. The molecule has 0 saturated heterocycles. The first-order valence-corrected chi connectivity index (χ1v) is 10.9. The van der Waals surface area contributed by atoms with Crippen LogP contribution in [-0.4, -0.2) is 32.2 Å². The van der Waals surface area contributed by atoms with Crippen LogP contribution in [0.4, 0.5) is 5.69 Å². The first-order valence-electron chi connectivity index (χ1n) is 9.40. The van der Waals surface area contributed by atoms with Crippen molar-refractivity contribution in [1.82, 2.24) is 4.72 Å². The number of carbonyl (C=O) groups is 1.